The topological polar surface area (TPSA) is 15.3 Å². The quantitative estimate of drug-likeness (QED) is 0.174. The molecule has 13 rings (SSSR count). The summed E-state index contributed by atoms with van der Waals surface area (Å²) in [6.07, 6.45) is 0. The summed E-state index contributed by atoms with van der Waals surface area (Å²) >= 11 is 3.78. The molecule has 0 saturated heterocycles. The molecule has 0 unspecified atom stereocenters. The second kappa shape index (κ2) is 13.7. The van der Waals surface area contributed by atoms with Crippen LogP contribution in [0.5, 0.6) is 0 Å². The fourth-order valence-corrected chi connectivity index (χ4v) is 12.1. The molecule has 0 bridgehead atoms. The number of rotatable bonds is 5. The zero-order valence-electron chi connectivity index (χ0n) is 33.0. The number of anilines is 5. The van der Waals surface area contributed by atoms with Crippen LogP contribution in [0.1, 0.15) is 0 Å². The predicted molar refractivity (Wildman–Crippen MR) is 269 cm³/mol. The lowest BCUT2D eigenvalue weighted by molar-refractivity contribution is 1.32. The molecule has 0 radical (unpaired) electrons. The van der Waals surface area contributed by atoms with Gasteiger partial charge in [-0.2, -0.15) is 0 Å². The summed E-state index contributed by atoms with van der Waals surface area (Å²) < 4.78 is 5.26. The van der Waals surface area contributed by atoms with Gasteiger partial charge in [-0.15, -0.1) is 22.7 Å². The van der Waals surface area contributed by atoms with Gasteiger partial charge in [-0.25, -0.2) is 0 Å². The van der Waals surface area contributed by atoms with Crippen molar-refractivity contribution in [2.45, 2.75) is 0 Å². The largest absolute Gasteiger partial charge is 0.355 e. The fraction of sp³-hybridized carbons (Fsp3) is 0. The Bertz CT molecular complexity index is 3720. The van der Waals surface area contributed by atoms with Crippen LogP contribution in [0.2, 0.25) is 0 Å². The highest BCUT2D eigenvalue weighted by Gasteiger charge is 2.32. The Hall–Kier alpha value is -7.18. The maximum absolute atomic E-state index is 3.92. The minimum atomic E-state index is 0.807. The Balaban J connectivity index is 1.08. The monoisotopic (exact) mass is 810 g/mol. The minimum Gasteiger partial charge on any atom is -0.355 e. The number of nitrogens with zero attached hydrogens (tertiary/aromatic N) is 1. The molecule has 0 saturated carbocycles. The molecular formula is C56H35BN2S2. The molecule has 5 heteroatoms. The molecule has 2 nitrogen and oxygen atoms in total. The van der Waals surface area contributed by atoms with Crippen LogP contribution in [0.3, 0.4) is 0 Å². The maximum atomic E-state index is 3.92. The second-order valence-corrected chi connectivity index (χ2v) is 18.3. The Morgan fingerprint density at radius 3 is 1.84 bits per heavy atom. The van der Waals surface area contributed by atoms with E-state index in [-0.39, 0.29) is 0 Å². The summed E-state index contributed by atoms with van der Waals surface area (Å²) in [5.41, 5.74) is 13.4. The van der Waals surface area contributed by atoms with Gasteiger partial charge in [0.25, 0.3) is 0 Å². The van der Waals surface area contributed by atoms with Crippen molar-refractivity contribution < 1.29 is 0 Å². The molecule has 0 aliphatic carbocycles. The molecule has 10 aromatic carbocycles. The maximum Gasteiger partial charge on any atom is 0.198 e. The van der Waals surface area contributed by atoms with Crippen molar-refractivity contribution in [3.8, 4) is 22.3 Å². The van der Waals surface area contributed by atoms with Crippen LogP contribution in [0, 0.1) is 0 Å². The van der Waals surface area contributed by atoms with Gasteiger partial charge in [0, 0.05) is 74.3 Å². The van der Waals surface area contributed by atoms with Crippen LogP contribution in [-0.4, -0.2) is 7.28 Å². The number of hydrogen-bond donors (Lipinski definition) is 1. The van der Waals surface area contributed by atoms with Crippen molar-refractivity contribution >= 4 is 131 Å². The zero-order valence-corrected chi connectivity index (χ0v) is 34.7. The molecule has 0 amide bonds. The smallest absolute Gasteiger partial charge is 0.198 e. The fourth-order valence-electron chi connectivity index (χ4n) is 9.81. The predicted octanol–water partition coefficient (Wildman–Crippen LogP) is 15.0. The first kappa shape index (κ1) is 34.7. The van der Waals surface area contributed by atoms with Gasteiger partial charge in [0.1, 0.15) is 0 Å². The lowest BCUT2D eigenvalue weighted by Crippen LogP contribution is -2.41. The number of thiophene rings is 2. The van der Waals surface area contributed by atoms with E-state index < -0.39 is 0 Å². The van der Waals surface area contributed by atoms with Crippen LogP contribution in [0.15, 0.2) is 200 Å². The first-order valence-electron chi connectivity index (χ1n) is 20.9. The third-order valence-electron chi connectivity index (χ3n) is 12.6. The Labute approximate surface area is 361 Å². The summed E-state index contributed by atoms with van der Waals surface area (Å²) in [7, 11) is 0.807. The number of fused-ring (bicyclic) bond motifs is 11. The molecular weight excluding hydrogens is 776 g/mol. The molecule has 0 spiro atoms. The molecule has 2 aromatic heterocycles. The van der Waals surface area contributed by atoms with Crippen LogP contribution in [0.4, 0.5) is 28.4 Å². The summed E-state index contributed by atoms with van der Waals surface area (Å²) in [4.78, 5) is 2.59. The van der Waals surface area contributed by atoms with Gasteiger partial charge in [-0.05, 0) is 98.3 Å². The summed E-state index contributed by atoms with van der Waals surface area (Å²) in [6.45, 7) is 0. The van der Waals surface area contributed by atoms with E-state index in [0.29, 0.717) is 0 Å². The van der Waals surface area contributed by atoms with E-state index in [1.807, 2.05) is 22.7 Å². The third-order valence-corrected chi connectivity index (χ3v) is 14.9. The van der Waals surface area contributed by atoms with Crippen LogP contribution < -0.4 is 21.1 Å². The van der Waals surface area contributed by atoms with E-state index in [0.717, 1.165) is 18.7 Å². The van der Waals surface area contributed by atoms with E-state index in [4.69, 9.17) is 0 Å². The Kier molecular flexibility index (Phi) is 7.78. The van der Waals surface area contributed by atoms with E-state index in [1.165, 1.54) is 112 Å². The van der Waals surface area contributed by atoms with Crippen molar-refractivity contribution in [2.75, 3.05) is 10.2 Å². The van der Waals surface area contributed by atoms with Gasteiger partial charge in [0.15, 0.2) is 7.28 Å². The van der Waals surface area contributed by atoms with Crippen molar-refractivity contribution in [2.24, 2.45) is 0 Å². The van der Waals surface area contributed by atoms with Gasteiger partial charge in [-0.3, -0.25) is 0 Å². The Morgan fingerprint density at radius 2 is 1.05 bits per heavy atom. The summed E-state index contributed by atoms with van der Waals surface area (Å²) in [5.74, 6) is 0. The highest BCUT2D eigenvalue weighted by molar-refractivity contribution is 7.26. The van der Waals surface area contributed by atoms with Crippen molar-refractivity contribution in [3.63, 3.8) is 0 Å². The molecule has 61 heavy (non-hydrogen) atoms. The van der Waals surface area contributed by atoms with Crippen LogP contribution in [0.25, 0.3) is 84.1 Å². The lowest BCUT2D eigenvalue weighted by atomic mass is 9.57. The van der Waals surface area contributed by atoms with Gasteiger partial charge in [0.05, 0.1) is 0 Å². The van der Waals surface area contributed by atoms with E-state index in [2.05, 4.69) is 210 Å². The average molecular weight is 811 g/mol. The molecule has 12 aromatic rings. The van der Waals surface area contributed by atoms with Gasteiger partial charge in [0.2, 0.25) is 0 Å². The molecule has 1 aliphatic heterocycles. The van der Waals surface area contributed by atoms with E-state index in [1.54, 1.807) is 0 Å². The lowest BCUT2D eigenvalue weighted by Gasteiger charge is -2.36. The molecule has 1 aliphatic rings. The van der Waals surface area contributed by atoms with Gasteiger partial charge >= 0.3 is 0 Å². The SMILES string of the molecule is B1c2cc3c(cc2N(c2ccc4c(c2)sc2ccccc24)c2c1c(-c1c(Nc4ccc(-c5ccccc5)cc4)ccc4ccccc14)cc1ccccc21)sc1ccccc13. The van der Waals surface area contributed by atoms with E-state index >= 15 is 0 Å². The van der Waals surface area contributed by atoms with Crippen molar-refractivity contribution in [1.82, 2.24) is 0 Å². The third kappa shape index (κ3) is 5.55. The number of benzene rings is 10. The van der Waals surface area contributed by atoms with Crippen molar-refractivity contribution in [3.05, 3.63) is 200 Å². The molecule has 0 atom stereocenters. The van der Waals surface area contributed by atoms with Crippen LogP contribution >= 0.6 is 22.7 Å². The zero-order chi connectivity index (χ0) is 40.0. The highest BCUT2D eigenvalue weighted by atomic mass is 32.1. The summed E-state index contributed by atoms with van der Waals surface area (Å²) in [5, 5.41) is 14.1. The molecule has 1 N–H and O–H groups in total. The highest BCUT2D eigenvalue weighted by Crippen LogP contribution is 2.48. The minimum absolute atomic E-state index is 0.807. The standard InChI is InChI=1S/C56H35BN2S2/c1-2-12-34(13-3-1)35-22-25-38(26-23-35)58-48-29-24-36-14-4-6-16-40(36)54(48)46-30-37-15-5-7-17-41(37)56-55(46)57-47-32-45-43-19-9-11-21-51(43)61-53(45)33-49(47)59(56)39-27-28-44-42-18-8-10-20-50(42)60-52(44)31-39/h1-33,57-58H. The second-order valence-electron chi connectivity index (χ2n) is 16.1. The van der Waals surface area contributed by atoms with Crippen LogP contribution in [-0.2, 0) is 0 Å². The van der Waals surface area contributed by atoms with Gasteiger partial charge in [-0.1, -0.05) is 151 Å². The molecule has 3 heterocycles. The van der Waals surface area contributed by atoms with Gasteiger partial charge < -0.3 is 10.2 Å². The first-order chi connectivity index (χ1) is 30.2. The van der Waals surface area contributed by atoms with E-state index in [9.17, 15) is 0 Å². The Morgan fingerprint density at radius 1 is 0.426 bits per heavy atom. The normalized spacial score (nSPS) is 12.4. The molecule has 0 fully saturated rings. The van der Waals surface area contributed by atoms with Crippen molar-refractivity contribution in [1.29, 1.82) is 0 Å². The molecule has 284 valence electrons. The first-order valence-corrected chi connectivity index (χ1v) is 22.5. The average Bonchev–Trinajstić information content (AvgIpc) is 3.88. The number of nitrogens with one attached hydrogen (secondary N) is 1. The summed E-state index contributed by atoms with van der Waals surface area (Å²) in [6, 6.07) is 74.0. The number of hydrogen-bond acceptors (Lipinski definition) is 4.